The molecular formula is C11H5F4NO3. The van der Waals surface area contributed by atoms with E-state index in [4.69, 9.17) is 5.11 Å². The van der Waals surface area contributed by atoms with Gasteiger partial charge in [-0.05, 0) is 18.2 Å². The highest BCUT2D eigenvalue weighted by Crippen LogP contribution is 2.34. The molecule has 0 bridgehead atoms. The van der Waals surface area contributed by atoms with Crippen LogP contribution in [0.15, 0.2) is 28.8 Å². The minimum atomic E-state index is -4.85. The third-order valence-corrected chi connectivity index (χ3v) is 2.29. The molecule has 0 saturated carbocycles. The number of hydrogen-bond acceptors (Lipinski definition) is 3. The van der Waals surface area contributed by atoms with Crippen molar-refractivity contribution in [3.8, 4) is 11.3 Å². The topological polar surface area (TPSA) is 63.3 Å². The molecule has 1 heterocycles. The van der Waals surface area contributed by atoms with E-state index in [2.05, 4.69) is 9.68 Å². The number of rotatable bonds is 2. The molecule has 0 saturated heterocycles. The summed E-state index contributed by atoms with van der Waals surface area (Å²) in [5, 5.41) is 11.8. The first-order valence-electron chi connectivity index (χ1n) is 4.86. The van der Waals surface area contributed by atoms with Gasteiger partial charge in [0.2, 0.25) is 0 Å². The number of carboxylic acids is 1. The van der Waals surface area contributed by atoms with E-state index in [0.29, 0.717) is 12.1 Å². The number of hydrogen-bond donors (Lipinski definition) is 1. The molecule has 0 aliphatic carbocycles. The zero-order chi connectivity index (χ0) is 14.2. The molecule has 0 aliphatic rings. The van der Waals surface area contributed by atoms with E-state index < -0.39 is 29.2 Å². The van der Waals surface area contributed by atoms with Gasteiger partial charge in [-0.25, -0.2) is 9.18 Å². The molecule has 4 nitrogen and oxygen atoms in total. The van der Waals surface area contributed by atoms with Crippen LogP contribution in [0.1, 0.15) is 16.1 Å². The van der Waals surface area contributed by atoms with E-state index in [-0.39, 0.29) is 11.3 Å². The zero-order valence-electron chi connectivity index (χ0n) is 9.03. The quantitative estimate of drug-likeness (QED) is 0.855. The van der Waals surface area contributed by atoms with Crippen molar-refractivity contribution in [2.24, 2.45) is 0 Å². The number of aromatic carboxylic acids is 1. The van der Waals surface area contributed by atoms with Crippen LogP contribution in [0.2, 0.25) is 0 Å². The van der Waals surface area contributed by atoms with Gasteiger partial charge in [-0.3, -0.25) is 0 Å². The monoisotopic (exact) mass is 275 g/mol. The van der Waals surface area contributed by atoms with Crippen molar-refractivity contribution >= 4 is 5.97 Å². The Hall–Kier alpha value is -2.38. The lowest BCUT2D eigenvalue weighted by Crippen LogP contribution is -2.08. The maximum Gasteiger partial charge on any atom is 0.419 e. The molecule has 0 atom stereocenters. The largest absolute Gasteiger partial charge is 0.476 e. The van der Waals surface area contributed by atoms with E-state index in [9.17, 15) is 22.4 Å². The normalized spacial score (nSPS) is 11.6. The Morgan fingerprint density at radius 2 is 1.95 bits per heavy atom. The highest BCUT2D eigenvalue weighted by atomic mass is 19.4. The fraction of sp³-hybridized carbons (Fsp3) is 0.0909. The molecule has 0 amide bonds. The maximum atomic E-state index is 13.1. The lowest BCUT2D eigenvalue weighted by atomic mass is 10.1. The van der Waals surface area contributed by atoms with Crippen molar-refractivity contribution in [2.45, 2.75) is 6.18 Å². The van der Waals surface area contributed by atoms with E-state index >= 15 is 0 Å². The molecule has 1 aromatic carbocycles. The average molecular weight is 275 g/mol. The first-order valence-corrected chi connectivity index (χ1v) is 4.86. The van der Waals surface area contributed by atoms with Crippen LogP contribution in [0.4, 0.5) is 17.6 Å². The fourth-order valence-electron chi connectivity index (χ4n) is 1.41. The summed E-state index contributed by atoms with van der Waals surface area (Å²) in [4.78, 5) is 10.6. The lowest BCUT2D eigenvalue weighted by molar-refractivity contribution is -0.139. The van der Waals surface area contributed by atoms with Crippen LogP contribution in [-0.4, -0.2) is 16.2 Å². The summed E-state index contributed by atoms with van der Waals surface area (Å²) in [6, 6.07) is 3.15. The molecule has 0 unspecified atom stereocenters. The molecular weight excluding hydrogens is 270 g/mol. The Kier molecular flexibility index (Phi) is 3.01. The van der Waals surface area contributed by atoms with E-state index in [1.165, 1.54) is 0 Å². The summed E-state index contributed by atoms with van der Waals surface area (Å²) in [6.07, 6.45) is -4.85. The van der Waals surface area contributed by atoms with Crippen LogP contribution in [0, 0.1) is 5.82 Å². The Labute approximate surface area is 103 Å². The van der Waals surface area contributed by atoms with Gasteiger partial charge in [0, 0.05) is 11.6 Å². The summed E-state index contributed by atoms with van der Waals surface area (Å²) in [6.45, 7) is 0. The summed E-state index contributed by atoms with van der Waals surface area (Å²) < 4.78 is 55.1. The summed E-state index contributed by atoms with van der Waals surface area (Å²) in [5.74, 6) is -3.00. The predicted octanol–water partition coefficient (Wildman–Crippen LogP) is 3.20. The summed E-state index contributed by atoms with van der Waals surface area (Å²) in [5.41, 5.74) is -2.03. The van der Waals surface area contributed by atoms with E-state index in [1.54, 1.807) is 0 Å². The van der Waals surface area contributed by atoms with Crippen molar-refractivity contribution in [1.29, 1.82) is 0 Å². The third-order valence-electron chi connectivity index (χ3n) is 2.29. The molecule has 0 aliphatic heterocycles. The Bertz CT molecular complexity index is 633. The molecule has 100 valence electrons. The molecule has 8 heteroatoms. The van der Waals surface area contributed by atoms with Crippen molar-refractivity contribution < 1.29 is 32.0 Å². The van der Waals surface area contributed by atoms with Gasteiger partial charge in [0.05, 0.1) is 5.56 Å². The number of halogens is 4. The van der Waals surface area contributed by atoms with Crippen LogP contribution >= 0.6 is 0 Å². The zero-order valence-corrected chi connectivity index (χ0v) is 9.03. The molecule has 19 heavy (non-hydrogen) atoms. The SMILES string of the molecule is O=C(O)c1cc(-c2ccc(F)c(C(F)(F)F)c2)on1. The van der Waals surface area contributed by atoms with Crippen molar-refractivity contribution in [3.63, 3.8) is 0 Å². The standard InChI is InChI=1S/C11H5F4NO3/c12-7-2-1-5(3-6(7)11(13,14)15)9-4-8(10(17)18)16-19-9/h1-4H,(H,17,18). The number of carbonyl (C=O) groups is 1. The minimum Gasteiger partial charge on any atom is -0.476 e. The number of nitrogens with zero attached hydrogens (tertiary/aromatic N) is 1. The highest BCUT2D eigenvalue weighted by Gasteiger charge is 2.34. The van der Waals surface area contributed by atoms with E-state index in [1.807, 2.05) is 0 Å². The number of aromatic nitrogens is 1. The van der Waals surface area contributed by atoms with Gasteiger partial charge in [0.1, 0.15) is 5.82 Å². The molecule has 1 aromatic heterocycles. The molecule has 2 rings (SSSR count). The maximum absolute atomic E-state index is 13.1. The lowest BCUT2D eigenvalue weighted by Gasteiger charge is -2.08. The second-order valence-corrected chi connectivity index (χ2v) is 3.57. The van der Waals surface area contributed by atoms with Gasteiger partial charge < -0.3 is 9.63 Å². The van der Waals surface area contributed by atoms with Gasteiger partial charge in [-0.2, -0.15) is 13.2 Å². The van der Waals surface area contributed by atoms with Crippen LogP contribution in [0.3, 0.4) is 0 Å². The fourth-order valence-corrected chi connectivity index (χ4v) is 1.41. The Balaban J connectivity index is 2.48. The molecule has 0 spiro atoms. The summed E-state index contributed by atoms with van der Waals surface area (Å²) in [7, 11) is 0. The number of alkyl halides is 3. The predicted molar refractivity (Wildman–Crippen MR) is 53.9 cm³/mol. The first kappa shape index (κ1) is 13.1. The molecule has 0 radical (unpaired) electrons. The van der Waals surface area contributed by atoms with Gasteiger partial charge in [0.15, 0.2) is 11.5 Å². The van der Waals surface area contributed by atoms with Gasteiger partial charge in [0.25, 0.3) is 0 Å². The van der Waals surface area contributed by atoms with Crippen molar-refractivity contribution in [1.82, 2.24) is 5.16 Å². The Morgan fingerprint density at radius 3 is 2.47 bits per heavy atom. The Morgan fingerprint density at radius 1 is 1.26 bits per heavy atom. The second-order valence-electron chi connectivity index (χ2n) is 3.57. The summed E-state index contributed by atoms with van der Waals surface area (Å²) >= 11 is 0. The van der Waals surface area contributed by atoms with Gasteiger partial charge in [-0.15, -0.1) is 0 Å². The van der Waals surface area contributed by atoms with Crippen LogP contribution in [0.25, 0.3) is 11.3 Å². The van der Waals surface area contributed by atoms with Crippen LogP contribution in [0.5, 0.6) is 0 Å². The van der Waals surface area contributed by atoms with Gasteiger partial charge >= 0.3 is 12.1 Å². The highest BCUT2D eigenvalue weighted by molar-refractivity contribution is 5.86. The van der Waals surface area contributed by atoms with Gasteiger partial charge in [-0.1, -0.05) is 5.16 Å². The minimum absolute atomic E-state index is 0.117. The van der Waals surface area contributed by atoms with Crippen molar-refractivity contribution in [3.05, 3.63) is 41.3 Å². The number of benzene rings is 1. The molecule has 0 fully saturated rings. The second kappa shape index (κ2) is 4.38. The van der Waals surface area contributed by atoms with Crippen molar-refractivity contribution in [2.75, 3.05) is 0 Å². The van der Waals surface area contributed by atoms with E-state index in [0.717, 1.165) is 12.1 Å². The number of carboxylic acid groups (broad SMARTS) is 1. The molecule has 2 aromatic rings. The van der Waals surface area contributed by atoms with Crippen LogP contribution in [-0.2, 0) is 6.18 Å². The molecule has 1 N–H and O–H groups in total. The third kappa shape index (κ3) is 2.56. The average Bonchev–Trinajstić information content (AvgIpc) is 2.77. The smallest absolute Gasteiger partial charge is 0.419 e. The van der Waals surface area contributed by atoms with Crippen LogP contribution < -0.4 is 0 Å². The first-order chi connectivity index (χ1) is 8.79.